The molecular formula is C18H14Cl5N3O3. The minimum atomic E-state index is -0.381. The quantitative estimate of drug-likeness (QED) is 0.330. The number of aryl methyl sites for hydroxylation is 2. The largest absolute Gasteiger partial charge is 0.482 e. The van der Waals surface area contributed by atoms with E-state index >= 15 is 0 Å². The van der Waals surface area contributed by atoms with Gasteiger partial charge < -0.3 is 14.5 Å². The third-order valence-electron chi connectivity index (χ3n) is 4.01. The topological polar surface area (TPSA) is 69.3 Å². The molecule has 29 heavy (non-hydrogen) atoms. The molecule has 2 heterocycles. The summed E-state index contributed by atoms with van der Waals surface area (Å²) in [5.74, 6) is 0.188. The Hall–Kier alpha value is -1.57. The van der Waals surface area contributed by atoms with Crippen LogP contribution in [0.5, 0.6) is 5.75 Å². The maximum Gasteiger partial charge on any atom is 0.287 e. The number of halogens is 5. The molecule has 0 saturated carbocycles. The molecule has 3 aromatic rings. The Bertz CT molecular complexity index is 1030. The average Bonchev–Trinajstić information content (AvgIpc) is 3.29. The van der Waals surface area contributed by atoms with Gasteiger partial charge in [0.2, 0.25) is 0 Å². The molecule has 0 unspecified atom stereocenters. The van der Waals surface area contributed by atoms with E-state index in [-0.39, 0.29) is 55.7 Å². The predicted molar refractivity (Wildman–Crippen MR) is 114 cm³/mol. The first kappa shape index (κ1) is 22.1. The van der Waals surface area contributed by atoms with Gasteiger partial charge in [0.1, 0.15) is 22.4 Å². The smallest absolute Gasteiger partial charge is 0.287 e. The number of hydrogen-bond acceptors (Lipinski definition) is 4. The van der Waals surface area contributed by atoms with E-state index in [9.17, 15) is 4.79 Å². The zero-order valence-electron chi connectivity index (χ0n) is 15.2. The molecule has 2 aromatic heterocycles. The monoisotopic (exact) mass is 495 g/mol. The second-order valence-corrected chi connectivity index (χ2v) is 7.93. The molecule has 0 aliphatic rings. The van der Waals surface area contributed by atoms with Crippen LogP contribution in [-0.2, 0) is 20.2 Å². The molecule has 1 N–H and O–H groups in total. The number of carbonyl (C=O) groups excluding carboxylic acids is 1. The lowest BCUT2D eigenvalue weighted by molar-refractivity contribution is 0.0918. The number of nitrogens with one attached hydrogen (secondary N) is 1. The number of ether oxygens (including phenoxy) is 1. The summed E-state index contributed by atoms with van der Waals surface area (Å²) in [6.07, 6.45) is 0. The second kappa shape index (κ2) is 9.06. The van der Waals surface area contributed by atoms with Crippen molar-refractivity contribution in [2.75, 3.05) is 0 Å². The van der Waals surface area contributed by atoms with Gasteiger partial charge in [0.05, 0.1) is 27.3 Å². The van der Waals surface area contributed by atoms with Gasteiger partial charge in [0.25, 0.3) is 5.91 Å². The molecule has 0 spiro atoms. The first-order valence-electron chi connectivity index (χ1n) is 8.19. The number of aromatic nitrogens is 2. The van der Waals surface area contributed by atoms with E-state index in [1.807, 2.05) is 20.0 Å². The van der Waals surface area contributed by atoms with Crippen molar-refractivity contribution in [2.24, 2.45) is 7.05 Å². The van der Waals surface area contributed by atoms with Crippen molar-refractivity contribution in [3.05, 3.63) is 66.2 Å². The second-order valence-electron chi connectivity index (χ2n) is 6.04. The first-order valence-corrected chi connectivity index (χ1v) is 10.1. The van der Waals surface area contributed by atoms with E-state index in [4.69, 9.17) is 67.2 Å². The number of amides is 1. The van der Waals surface area contributed by atoms with Gasteiger partial charge in [-0.3, -0.25) is 9.48 Å². The zero-order chi connectivity index (χ0) is 21.3. The predicted octanol–water partition coefficient (Wildman–Crippen LogP) is 6.10. The molecule has 0 fully saturated rings. The van der Waals surface area contributed by atoms with E-state index in [1.54, 1.807) is 10.7 Å². The minimum absolute atomic E-state index is 0.0289. The van der Waals surface area contributed by atoms with Crippen molar-refractivity contribution in [2.45, 2.75) is 20.1 Å². The number of benzene rings is 1. The Kier molecular flexibility index (Phi) is 6.91. The van der Waals surface area contributed by atoms with Crippen molar-refractivity contribution in [3.8, 4) is 5.75 Å². The molecule has 0 saturated heterocycles. The fourth-order valence-electron chi connectivity index (χ4n) is 2.41. The van der Waals surface area contributed by atoms with Crippen LogP contribution in [0.1, 0.15) is 27.7 Å². The highest BCUT2D eigenvalue weighted by atomic mass is 35.5. The Balaban J connectivity index is 1.64. The molecular weight excluding hydrogens is 483 g/mol. The molecule has 1 amide bonds. The number of carbonyl (C=O) groups is 1. The average molecular weight is 498 g/mol. The summed E-state index contributed by atoms with van der Waals surface area (Å²) < 4.78 is 12.8. The highest BCUT2D eigenvalue weighted by Crippen LogP contribution is 2.48. The van der Waals surface area contributed by atoms with E-state index in [0.717, 1.165) is 11.4 Å². The van der Waals surface area contributed by atoms with Crippen molar-refractivity contribution >= 4 is 63.9 Å². The van der Waals surface area contributed by atoms with Gasteiger partial charge in [-0.15, -0.1) is 0 Å². The van der Waals surface area contributed by atoms with Gasteiger partial charge in [-0.2, -0.15) is 5.10 Å². The number of hydrogen-bond donors (Lipinski definition) is 1. The summed E-state index contributed by atoms with van der Waals surface area (Å²) in [7, 11) is 1.83. The third-order valence-corrected chi connectivity index (χ3v) is 6.25. The number of rotatable bonds is 6. The molecule has 11 heteroatoms. The fraction of sp³-hybridized carbons (Fsp3) is 0.222. The highest BCUT2D eigenvalue weighted by molar-refractivity contribution is 6.55. The van der Waals surface area contributed by atoms with Gasteiger partial charge in [0.15, 0.2) is 11.5 Å². The summed E-state index contributed by atoms with van der Waals surface area (Å²) in [4.78, 5) is 12.3. The van der Waals surface area contributed by atoms with Gasteiger partial charge in [-0.1, -0.05) is 58.0 Å². The van der Waals surface area contributed by atoms with Crippen molar-refractivity contribution in [3.63, 3.8) is 0 Å². The number of nitrogens with zero attached hydrogens (tertiary/aromatic N) is 2. The van der Waals surface area contributed by atoms with Crippen molar-refractivity contribution in [1.82, 2.24) is 15.1 Å². The summed E-state index contributed by atoms with van der Waals surface area (Å²) in [5.41, 5.74) is 1.74. The summed E-state index contributed by atoms with van der Waals surface area (Å²) in [6.45, 7) is 2.15. The lowest BCUT2D eigenvalue weighted by atomic mass is 10.3. The normalized spacial score (nSPS) is 11.0. The van der Waals surface area contributed by atoms with Gasteiger partial charge >= 0.3 is 0 Å². The van der Waals surface area contributed by atoms with E-state index < -0.39 is 0 Å². The molecule has 3 rings (SSSR count). The maximum absolute atomic E-state index is 12.3. The molecule has 0 atom stereocenters. The third kappa shape index (κ3) is 4.78. The highest BCUT2D eigenvalue weighted by Gasteiger charge is 2.21. The van der Waals surface area contributed by atoms with Crippen LogP contribution >= 0.6 is 58.0 Å². The van der Waals surface area contributed by atoms with Crippen molar-refractivity contribution < 1.29 is 13.9 Å². The molecule has 154 valence electrons. The summed E-state index contributed by atoms with van der Waals surface area (Å²) in [5, 5.41) is 7.17. The van der Waals surface area contributed by atoms with Crippen LogP contribution in [0, 0.1) is 6.92 Å². The molecule has 6 nitrogen and oxygen atoms in total. The van der Waals surface area contributed by atoms with Crippen molar-refractivity contribution in [1.29, 1.82) is 0 Å². The fourth-order valence-corrected chi connectivity index (χ4v) is 3.64. The molecule has 0 radical (unpaired) electrons. The Morgan fingerprint density at radius 2 is 1.72 bits per heavy atom. The number of furan rings is 1. The van der Waals surface area contributed by atoms with Crippen LogP contribution in [0.3, 0.4) is 0 Å². The minimum Gasteiger partial charge on any atom is -0.482 e. The Morgan fingerprint density at radius 3 is 2.31 bits per heavy atom. The maximum atomic E-state index is 12.3. The summed E-state index contributed by atoms with van der Waals surface area (Å²) >= 11 is 30.2. The first-order chi connectivity index (χ1) is 13.7. The SMILES string of the molecule is Cc1cc(CNC(=O)c2ccc(COc3c(Cl)c(Cl)c(Cl)c(Cl)c3Cl)o2)nn1C. The van der Waals surface area contributed by atoms with Crippen LogP contribution in [0.15, 0.2) is 22.6 Å². The van der Waals surface area contributed by atoms with Gasteiger partial charge in [-0.05, 0) is 25.1 Å². The summed E-state index contributed by atoms with van der Waals surface area (Å²) in [6, 6.07) is 5.01. The van der Waals surface area contributed by atoms with Gasteiger partial charge in [-0.25, -0.2) is 0 Å². The van der Waals surface area contributed by atoms with Gasteiger partial charge in [0, 0.05) is 12.7 Å². The van der Waals surface area contributed by atoms with E-state index in [1.165, 1.54) is 6.07 Å². The van der Waals surface area contributed by atoms with E-state index in [0.29, 0.717) is 5.76 Å². The lowest BCUT2D eigenvalue weighted by Gasteiger charge is -2.12. The lowest BCUT2D eigenvalue weighted by Crippen LogP contribution is -2.22. The standard InChI is InChI=1S/C18H14Cl5N3O3/c1-8-5-9(25-26(8)2)6-24-18(27)11-4-3-10(29-11)7-28-17-15(22)13(20)12(19)14(21)16(17)23/h3-5H,6-7H2,1-2H3,(H,24,27). The van der Waals surface area contributed by atoms with Crippen LogP contribution < -0.4 is 10.1 Å². The Labute approximate surface area is 191 Å². The van der Waals surface area contributed by atoms with Crippen LogP contribution in [0.2, 0.25) is 25.1 Å². The van der Waals surface area contributed by atoms with Crippen LogP contribution in [-0.4, -0.2) is 15.7 Å². The molecule has 0 aliphatic heterocycles. The Morgan fingerprint density at radius 1 is 1.10 bits per heavy atom. The molecule has 1 aromatic carbocycles. The van der Waals surface area contributed by atoms with Crippen LogP contribution in [0.4, 0.5) is 0 Å². The van der Waals surface area contributed by atoms with Crippen LogP contribution in [0.25, 0.3) is 0 Å². The zero-order valence-corrected chi connectivity index (χ0v) is 18.9. The van der Waals surface area contributed by atoms with E-state index in [2.05, 4.69) is 10.4 Å². The molecule has 0 bridgehead atoms. The molecule has 0 aliphatic carbocycles.